The van der Waals surface area contributed by atoms with Crippen molar-refractivity contribution < 1.29 is 19.0 Å². The van der Waals surface area contributed by atoms with Crippen molar-refractivity contribution in [2.75, 3.05) is 12.4 Å². The number of benzene rings is 3. The molecule has 0 saturated heterocycles. The molecule has 1 aliphatic carbocycles. The lowest BCUT2D eigenvalue weighted by Crippen LogP contribution is -2.32. The number of aryl methyl sites for hydroxylation is 2. The van der Waals surface area contributed by atoms with Crippen LogP contribution in [-0.2, 0) is 17.6 Å². The van der Waals surface area contributed by atoms with E-state index in [0.29, 0.717) is 28.6 Å². The van der Waals surface area contributed by atoms with Gasteiger partial charge in [0, 0.05) is 5.02 Å². The van der Waals surface area contributed by atoms with Crippen molar-refractivity contribution in [3.05, 3.63) is 76.8 Å². The summed E-state index contributed by atoms with van der Waals surface area (Å²) in [5.41, 5.74) is 3.18. The van der Waals surface area contributed by atoms with Gasteiger partial charge in [-0.3, -0.25) is 4.79 Å². The molecule has 33 heavy (non-hydrogen) atoms. The van der Waals surface area contributed by atoms with E-state index in [1.54, 1.807) is 37.4 Å². The van der Waals surface area contributed by atoms with Gasteiger partial charge in [-0.15, -0.1) is 0 Å². The number of nitrogens with one attached hydrogen (secondary N) is 1. The standard InChI is InChI=1S/C27H28ClNO4/c1-3-25(33-23-10-8-18-6-4-5-7-19(18)16-23)27(30)29-24-17-20(28)9-15-26(24)32-22-13-11-21(31-2)12-14-22/h8-17,25H,3-7H2,1-2H3,(H,29,30)/t25-/m1/s1. The van der Waals surface area contributed by atoms with Gasteiger partial charge in [-0.25, -0.2) is 0 Å². The van der Waals surface area contributed by atoms with Crippen molar-refractivity contribution in [2.24, 2.45) is 0 Å². The maximum Gasteiger partial charge on any atom is 0.265 e. The molecule has 0 aromatic heterocycles. The number of anilines is 1. The number of halogens is 1. The summed E-state index contributed by atoms with van der Waals surface area (Å²) in [7, 11) is 1.61. The fourth-order valence-electron chi connectivity index (χ4n) is 3.94. The molecule has 172 valence electrons. The number of hydrogen-bond donors (Lipinski definition) is 1. The Morgan fingerprint density at radius 2 is 1.64 bits per heavy atom. The Kier molecular flexibility index (Phi) is 7.40. The smallest absolute Gasteiger partial charge is 0.265 e. The number of methoxy groups -OCH3 is 1. The Morgan fingerprint density at radius 3 is 2.36 bits per heavy atom. The molecule has 6 heteroatoms. The first kappa shape index (κ1) is 23.0. The zero-order valence-corrected chi connectivity index (χ0v) is 19.7. The largest absolute Gasteiger partial charge is 0.497 e. The Bertz CT molecular complexity index is 1110. The monoisotopic (exact) mass is 465 g/mol. The maximum absolute atomic E-state index is 13.1. The van der Waals surface area contributed by atoms with Gasteiger partial charge in [0.15, 0.2) is 11.9 Å². The Morgan fingerprint density at radius 1 is 0.939 bits per heavy atom. The van der Waals surface area contributed by atoms with Crippen LogP contribution < -0.4 is 19.5 Å². The normalized spacial score (nSPS) is 13.5. The fraction of sp³-hybridized carbons (Fsp3) is 0.296. The van der Waals surface area contributed by atoms with E-state index in [1.165, 1.54) is 24.0 Å². The predicted molar refractivity (Wildman–Crippen MR) is 131 cm³/mol. The first-order valence-corrected chi connectivity index (χ1v) is 11.6. The van der Waals surface area contributed by atoms with Gasteiger partial charge in [-0.2, -0.15) is 0 Å². The van der Waals surface area contributed by atoms with E-state index in [1.807, 2.05) is 25.1 Å². The van der Waals surface area contributed by atoms with E-state index in [2.05, 4.69) is 17.4 Å². The zero-order chi connectivity index (χ0) is 23.2. The minimum Gasteiger partial charge on any atom is -0.497 e. The second-order valence-corrected chi connectivity index (χ2v) is 8.50. The van der Waals surface area contributed by atoms with Gasteiger partial charge in [-0.05, 0) is 97.8 Å². The van der Waals surface area contributed by atoms with Crippen LogP contribution in [0.25, 0.3) is 0 Å². The predicted octanol–water partition coefficient (Wildman–Crippen LogP) is 6.82. The summed E-state index contributed by atoms with van der Waals surface area (Å²) < 4.78 is 17.3. The van der Waals surface area contributed by atoms with Crippen molar-refractivity contribution in [1.82, 2.24) is 0 Å². The molecule has 0 heterocycles. The molecule has 0 bridgehead atoms. The Balaban J connectivity index is 1.48. The number of carbonyl (C=O) groups is 1. The number of rotatable bonds is 8. The maximum atomic E-state index is 13.1. The van der Waals surface area contributed by atoms with Gasteiger partial charge in [-0.1, -0.05) is 24.6 Å². The third-order valence-corrected chi connectivity index (χ3v) is 5.98. The molecule has 0 aliphatic heterocycles. The van der Waals surface area contributed by atoms with Gasteiger partial charge in [0.2, 0.25) is 0 Å². The van der Waals surface area contributed by atoms with Gasteiger partial charge in [0.05, 0.1) is 12.8 Å². The quantitative estimate of drug-likeness (QED) is 0.396. The topological polar surface area (TPSA) is 56.8 Å². The van der Waals surface area contributed by atoms with Crippen LogP contribution in [0.2, 0.25) is 5.02 Å². The summed E-state index contributed by atoms with van der Waals surface area (Å²) in [5.74, 6) is 2.31. The van der Waals surface area contributed by atoms with Crippen LogP contribution in [0.3, 0.4) is 0 Å². The Labute approximate surface area is 199 Å². The average molecular weight is 466 g/mol. The third-order valence-electron chi connectivity index (χ3n) is 5.75. The minimum atomic E-state index is -0.639. The van der Waals surface area contributed by atoms with E-state index >= 15 is 0 Å². The van der Waals surface area contributed by atoms with Crippen molar-refractivity contribution in [2.45, 2.75) is 45.1 Å². The van der Waals surface area contributed by atoms with E-state index in [-0.39, 0.29) is 5.91 Å². The molecule has 1 amide bonds. The molecule has 3 aromatic rings. The van der Waals surface area contributed by atoms with Crippen LogP contribution >= 0.6 is 11.6 Å². The van der Waals surface area contributed by atoms with Crippen molar-refractivity contribution in [3.63, 3.8) is 0 Å². The van der Waals surface area contributed by atoms with Gasteiger partial charge in [0.1, 0.15) is 17.2 Å². The van der Waals surface area contributed by atoms with Crippen molar-refractivity contribution >= 4 is 23.2 Å². The number of fused-ring (bicyclic) bond motifs is 1. The molecule has 5 nitrogen and oxygen atoms in total. The lowest BCUT2D eigenvalue weighted by Gasteiger charge is -2.21. The second-order valence-electron chi connectivity index (χ2n) is 8.06. The molecule has 3 aromatic carbocycles. The number of hydrogen-bond acceptors (Lipinski definition) is 4. The Hall–Kier alpha value is -3.18. The van der Waals surface area contributed by atoms with E-state index in [9.17, 15) is 4.79 Å². The highest BCUT2D eigenvalue weighted by Crippen LogP contribution is 2.33. The molecule has 1 N–H and O–H groups in total. The molecule has 0 radical (unpaired) electrons. The summed E-state index contributed by atoms with van der Waals surface area (Å²) in [6.45, 7) is 1.93. The van der Waals surface area contributed by atoms with E-state index in [4.69, 9.17) is 25.8 Å². The SMILES string of the molecule is CC[C@@H](Oc1ccc2c(c1)CCCC2)C(=O)Nc1cc(Cl)ccc1Oc1ccc(OC)cc1. The van der Waals surface area contributed by atoms with Crippen LogP contribution in [0, 0.1) is 0 Å². The molecular weight excluding hydrogens is 438 g/mol. The van der Waals surface area contributed by atoms with E-state index < -0.39 is 6.10 Å². The van der Waals surface area contributed by atoms with Crippen LogP contribution in [0.4, 0.5) is 5.69 Å². The number of ether oxygens (including phenoxy) is 3. The lowest BCUT2D eigenvalue weighted by molar-refractivity contribution is -0.122. The summed E-state index contributed by atoms with van der Waals surface area (Å²) in [6, 6.07) is 18.5. The minimum absolute atomic E-state index is 0.253. The molecule has 0 spiro atoms. The zero-order valence-electron chi connectivity index (χ0n) is 18.9. The first-order chi connectivity index (χ1) is 16.1. The number of carbonyl (C=O) groups excluding carboxylic acids is 1. The van der Waals surface area contributed by atoms with Gasteiger partial charge in [0.25, 0.3) is 5.91 Å². The second kappa shape index (κ2) is 10.6. The summed E-state index contributed by atoms with van der Waals surface area (Å²) in [4.78, 5) is 13.1. The summed E-state index contributed by atoms with van der Waals surface area (Å²) in [5, 5.41) is 3.43. The van der Waals surface area contributed by atoms with E-state index in [0.717, 1.165) is 24.3 Å². The molecule has 0 fully saturated rings. The highest BCUT2D eigenvalue weighted by molar-refractivity contribution is 6.31. The van der Waals surface area contributed by atoms with Crippen molar-refractivity contribution in [1.29, 1.82) is 0 Å². The van der Waals surface area contributed by atoms with Crippen LogP contribution in [0.5, 0.6) is 23.0 Å². The van der Waals surface area contributed by atoms with Crippen LogP contribution in [-0.4, -0.2) is 19.1 Å². The first-order valence-electron chi connectivity index (χ1n) is 11.3. The molecular formula is C27H28ClNO4. The third kappa shape index (κ3) is 5.79. The molecule has 1 aliphatic rings. The van der Waals surface area contributed by atoms with Crippen LogP contribution in [0.1, 0.15) is 37.3 Å². The average Bonchev–Trinajstić information content (AvgIpc) is 2.84. The van der Waals surface area contributed by atoms with Gasteiger partial charge >= 0.3 is 0 Å². The molecule has 4 rings (SSSR count). The summed E-state index contributed by atoms with van der Waals surface area (Å²) >= 11 is 6.20. The molecule has 0 unspecified atom stereocenters. The highest BCUT2D eigenvalue weighted by atomic mass is 35.5. The molecule has 1 atom stereocenters. The van der Waals surface area contributed by atoms with Crippen LogP contribution in [0.15, 0.2) is 60.7 Å². The fourth-order valence-corrected chi connectivity index (χ4v) is 4.11. The van der Waals surface area contributed by atoms with Crippen molar-refractivity contribution in [3.8, 4) is 23.0 Å². The highest BCUT2D eigenvalue weighted by Gasteiger charge is 2.21. The number of amides is 1. The summed E-state index contributed by atoms with van der Waals surface area (Å²) in [6.07, 6.45) is 4.48. The lowest BCUT2D eigenvalue weighted by atomic mass is 9.92. The van der Waals surface area contributed by atoms with Gasteiger partial charge < -0.3 is 19.5 Å². The molecule has 0 saturated carbocycles.